The summed E-state index contributed by atoms with van der Waals surface area (Å²) >= 11 is 0. The van der Waals surface area contributed by atoms with Gasteiger partial charge >= 0.3 is 0 Å². The van der Waals surface area contributed by atoms with Gasteiger partial charge in [0.1, 0.15) is 17.2 Å². The van der Waals surface area contributed by atoms with Gasteiger partial charge in [-0.25, -0.2) is 9.37 Å². The number of carbonyl (C=O) groups is 1. The molecule has 3 aromatic heterocycles. The zero-order chi connectivity index (χ0) is 20.5. The Kier molecular flexibility index (Phi) is 4.84. The molecule has 0 saturated carbocycles. The van der Waals surface area contributed by atoms with Crippen molar-refractivity contribution in [2.75, 3.05) is 0 Å². The molecule has 1 amide bonds. The highest BCUT2D eigenvalue weighted by Gasteiger charge is 2.18. The number of hydrogen-bond acceptors (Lipinski definition) is 3. The molecule has 0 saturated heterocycles. The van der Waals surface area contributed by atoms with Crippen molar-refractivity contribution in [2.24, 2.45) is 5.73 Å². The quantitative estimate of drug-likeness (QED) is 0.545. The van der Waals surface area contributed by atoms with Crippen LogP contribution < -0.4 is 5.73 Å². The molecule has 0 fully saturated rings. The molecule has 0 aliphatic rings. The van der Waals surface area contributed by atoms with E-state index >= 15 is 0 Å². The summed E-state index contributed by atoms with van der Waals surface area (Å²) < 4.78 is 15.5. The van der Waals surface area contributed by atoms with Crippen LogP contribution in [0.4, 0.5) is 4.39 Å². The van der Waals surface area contributed by atoms with Crippen LogP contribution in [0.3, 0.4) is 0 Å². The van der Waals surface area contributed by atoms with Crippen molar-refractivity contribution in [1.29, 1.82) is 0 Å². The molecule has 0 bridgehead atoms. The van der Waals surface area contributed by atoms with Crippen molar-refractivity contribution >= 4 is 11.6 Å². The van der Waals surface area contributed by atoms with E-state index in [1.54, 1.807) is 29.7 Å². The van der Waals surface area contributed by atoms with Crippen LogP contribution in [-0.2, 0) is 6.42 Å². The van der Waals surface area contributed by atoms with E-state index in [1.165, 1.54) is 6.07 Å². The maximum atomic E-state index is 13.7. The van der Waals surface area contributed by atoms with E-state index in [1.807, 2.05) is 37.4 Å². The second kappa shape index (κ2) is 7.47. The van der Waals surface area contributed by atoms with Gasteiger partial charge in [0.2, 0.25) is 0 Å². The summed E-state index contributed by atoms with van der Waals surface area (Å²) in [6, 6.07) is 12.6. The molecule has 6 heteroatoms. The minimum absolute atomic E-state index is 0.249. The number of primary amides is 1. The van der Waals surface area contributed by atoms with E-state index in [4.69, 9.17) is 5.73 Å². The highest BCUT2D eigenvalue weighted by Crippen LogP contribution is 2.31. The lowest BCUT2D eigenvalue weighted by molar-refractivity contribution is 0.0993. The van der Waals surface area contributed by atoms with Crippen LogP contribution in [0.25, 0.3) is 28.0 Å². The first-order chi connectivity index (χ1) is 14.0. The molecular formula is C23H21FN4O. The number of hydrogen-bond donors (Lipinski definition) is 1. The van der Waals surface area contributed by atoms with E-state index in [0.717, 1.165) is 28.8 Å². The molecule has 1 aromatic carbocycles. The lowest BCUT2D eigenvalue weighted by atomic mass is 9.99. The number of aryl methyl sites for hydroxylation is 2. The van der Waals surface area contributed by atoms with Crippen molar-refractivity contribution in [1.82, 2.24) is 14.4 Å². The predicted octanol–water partition coefficient (Wildman–Crippen LogP) is 4.56. The van der Waals surface area contributed by atoms with E-state index in [0.29, 0.717) is 29.0 Å². The number of imidazole rings is 1. The number of nitrogens with two attached hydrogens (primary N) is 1. The zero-order valence-electron chi connectivity index (χ0n) is 16.3. The summed E-state index contributed by atoms with van der Waals surface area (Å²) in [4.78, 5) is 21.2. The Morgan fingerprint density at radius 3 is 2.69 bits per heavy atom. The number of fused-ring (bicyclic) bond motifs is 1. The van der Waals surface area contributed by atoms with Gasteiger partial charge < -0.3 is 5.73 Å². The molecule has 0 unspecified atom stereocenters. The van der Waals surface area contributed by atoms with Crippen LogP contribution in [0.2, 0.25) is 0 Å². The zero-order valence-corrected chi connectivity index (χ0v) is 16.3. The van der Waals surface area contributed by atoms with Gasteiger partial charge in [0, 0.05) is 29.1 Å². The van der Waals surface area contributed by atoms with Gasteiger partial charge in [0.15, 0.2) is 0 Å². The Morgan fingerprint density at radius 2 is 1.97 bits per heavy atom. The first kappa shape index (κ1) is 18.8. The number of aromatic nitrogens is 3. The summed E-state index contributed by atoms with van der Waals surface area (Å²) in [7, 11) is 0. The van der Waals surface area contributed by atoms with Gasteiger partial charge in [-0.05, 0) is 55.3 Å². The largest absolute Gasteiger partial charge is 0.364 e. The number of rotatable bonds is 5. The Morgan fingerprint density at radius 1 is 1.17 bits per heavy atom. The summed E-state index contributed by atoms with van der Waals surface area (Å²) in [5.74, 6) is -0.751. The van der Waals surface area contributed by atoms with E-state index in [9.17, 15) is 9.18 Å². The van der Waals surface area contributed by atoms with Crippen LogP contribution in [0.5, 0.6) is 0 Å². The average Bonchev–Trinajstić information content (AvgIpc) is 3.07. The number of nitrogens with zero attached hydrogens (tertiary/aromatic N) is 3. The van der Waals surface area contributed by atoms with E-state index in [2.05, 4.69) is 9.97 Å². The molecule has 4 rings (SSSR count). The highest BCUT2D eigenvalue weighted by molar-refractivity contribution is 5.93. The molecule has 0 radical (unpaired) electrons. The van der Waals surface area contributed by atoms with Gasteiger partial charge in [-0.3, -0.25) is 14.2 Å². The maximum absolute atomic E-state index is 13.7. The highest BCUT2D eigenvalue weighted by atomic mass is 19.1. The number of benzene rings is 1. The second-order valence-electron chi connectivity index (χ2n) is 7.03. The Labute approximate surface area is 168 Å². The van der Waals surface area contributed by atoms with Crippen molar-refractivity contribution in [3.05, 3.63) is 77.6 Å². The fourth-order valence-electron chi connectivity index (χ4n) is 3.59. The van der Waals surface area contributed by atoms with Crippen molar-refractivity contribution in [3.63, 3.8) is 0 Å². The van der Waals surface area contributed by atoms with Crippen molar-refractivity contribution in [2.45, 2.75) is 26.7 Å². The van der Waals surface area contributed by atoms with Gasteiger partial charge in [0.05, 0.1) is 11.4 Å². The minimum Gasteiger partial charge on any atom is -0.364 e. The fourth-order valence-corrected chi connectivity index (χ4v) is 3.59. The second-order valence-corrected chi connectivity index (χ2v) is 7.03. The molecule has 29 heavy (non-hydrogen) atoms. The number of pyridine rings is 2. The molecule has 2 N–H and O–H groups in total. The van der Waals surface area contributed by atoms with Crippen LogP contribution in [0, 0.1) is 12.7 Å². The number of amides is 1. The van der Waals surface area contributed by atoms with Gasteiger partial charge in [0.25, 0.3) is 5.91 Å². The summed E-state index contributed by atoms with van der Waals surface area (Å²) in [6.07, 6.45) is 5.12. The molecule has 3 heterocycles. The molecule has 0 spiro atoms. The Bertz CT molecular complexity index is 1230. The Hall–Kier alpha value is -3.54. The van der Waals surface area contributed by atoms with Crippen molar-refractivity contribution < 1.29 is 9.18 Å². The smallest absolute Gasteiger partial charge is 0.267 e. The molecule has 0 aliphatic heterocycles. The van der Waals surface area contributed by atoms with Gasteiger partial charge in [-0.15, -0.1) is 0 Å². The fraction of sp³-hybridized carbons (Fsp3) is 0.174. The summed E-state index contributed by atoms with van der Waals surface area (Å²) in [5, 5.41) is 0. The third kappa shape index (κ3) is 3.38. The molecule has 5 nitrogen and oxygen atoms in total. The van der Waals surface area contributed by atoms with Crippen LogP contribution in [0.15, 0.2) is 54.9 Å². The summed E-state index contributed by atoms with van der Waals surface area (Å²) in [5.41, 5.74) is 11.3. The maximum Gasteiger partial charge on any atom is 0.267 e. The topological polar surface area (TPSA) is 73.3 Å². The number of carbonyl (C=O) groups excluding carboxylic acids is 1. The van der Waals surface area contributed by atoms with Crippen molar-refractivity contribution in [3.8, 4) is 22.4 Å². The van der Waals surface area contributed by atoms with Crippen LogP contribution in [0.1, 0.15) is 35.1 Å². The summed E-state index contributed by atoms with van der Waals surface area (Å²) in [6.45, 7) is 3.76. The molecule has 0 atom stereocenters. The molecular weight excluding hydrogens is 367 g/mol. The first-order valence-corrected chi connectivity index (χ1v) is 9.52. The van der Waals surface area contributed by atoms with E-state index in [-0.39, 0.29) is 5.82 Å². The number of halogens is 1. The molecule has 4 aromatic rings. The minimum atomic E-state index is -0.501. The molecule has 0 aliphatic carbocycles. The normalized spacial score (nSPS) is 11.1. The van der Waals surface area contributed by atoms with E-state index < -0.39 is 5.91 Å². The molecule has 146 valence electrons. The third-order valence-electron chi connectivity index (χ3n) is 4.96. The van der Waals surface area contributed by atoms with Crippen LogP contribution in [-0.4, -0.2) is 20.3 Å². The Balaban J connectivity index is 1.90. The lowest BCUT2D eigenvalue weighted by Gasteiger charge is -2.11. The lowest BCUT2D eigenvalue weighted by Crippen LogP contribution is -2.16. The monoisotopic (exact) mass is 388 g/mol. The SMILES string of the molecule is CCCc1nc2ccc(-c3cccnc3-c3ccc(F)c(C)c3)cn2c1C(N)=O. The standard InChI is InChI=1S/C23H21FN4O/c1-3-5-19-22(23(25)29)28-13-16(8-10-20(28)27-19)17-6-4-11-26-21(17)15-7-9-18(24)14(2)12-15/h4,6-13H,3,5H2,1-2H3,(H2,25,29). The third-order valence-corrected chi connectivity index (χ3v) is 4.96. The first-order valence-electron chi connectivity index (χ1n) is 9.52. The van der Waals surface area contributed by atoms with Gasteiger partial charge in [-0.1, -0.05) is 19.4 Å². The average molecular weight is 388 g/mol. The predicted molar refractivity (Wildman–Crippen MR) is 111 cm³/mol. The van der Waals surface area contributed by atoms with Gasteiger partial charge in [-0.2, -0.15) is 0 Å². The van der Waals surface area contributed by atoms with Crippen LogP contribution >= 0.6 is 0 Å².